The van der Waals surface area contributed by atoms with Crippen molar-refractivity contribution in [2.24, 2.45) is 0 Å². The van der Waals surface area contributed by atoms with Gasteiger partial charge in [0.15, 0.2) is 16.8 Å². The van der Waals surface area contributed by atoms with Crippen LogP contribution in [0, 0.1) is 23.9 Å². The molecule has 0 saturated heterocycles. The highest BCUT2D eigenvalue weighted by molar-refractivity contribution is 7.17. The van der Waals surface area contributed by atoms with E-state index in [9.17, 15) is 13.2 Å². The van der Waals surface area contributed by atoms with Gasteiger partial charge in [0.05, 0.1) is 13.7 Å². The standard InChI is InChI=1S/C10H6F3OS/c1-14-4-5-8-7(15-10(5)13)3-2-6(11)9(8)12/h2-3H,1,4H2. The van der Waals surface area contributed by atoms with Gasteiger partial charge >= 0.3 is 0 Å². The highest BCUT2D eigenvalue weighted by Crippen LogP contribution is 2.33. The summed E-state index contributed by atoms with van der Waals surface area (Å²) in [7, 11) is 3.08. The van der Waals surface area contributed by atoms with Crippen LogP contribution >= 0.6 is 11.3 Å². The van der Waals surface area contributed by atoms with Gasteiger partial charge in [0.1, 0.15) is 0 Å². The van der Waals surface area contributed by atoms with Crippen LogP contribution in [0.4, 0.5) is 13.2 Å². The molecule has 2 aromatic rings. The Morgan fingerprint density at radius 2 is 2.00 bits per heavy atom. The Morgan fingerprint density at radius 1 is 1.27 bits per heavy atom. The van der Waals surface area contributed by atoms with E-state index in [2.05, 4.69) is 11.8 Å². The summed E-state index contributed by atoms with van der Waals surface area (Å²) in [4.78, 5) is 0. The van der Waals surface area contributed by atoms with E-state index >= 15 is 0 Å². The molecule has 0 atom stereocenters. The third kappa shape index (κ3) is 1.61. The van der Waals surface area contributed by atoms with E-state index < -0.39 is 16.8 Å². The number of ether oxygens (including phenoxy) is 1. The summed E-state index contributed by atoms with van der Waals surface area (Å²) in [5.41, 5.74) is 0.0157. The number of hydrogen-bond acceptors (Lipinski definition) is 2. The van der Waals surface area contributed by atoms with Gasteiger partial charge in [-0.2, -0.15) is 4.39 Å². The molecule has 1 aromatic heterocycles. The van der Waals surface area contributed by atoms with Crippen molar-refractivity contribution in [2.45, 2.75) is 6.61 Å². The summed E-state index contributed by atoms with van der Waals surface area (Å²) in [6.45, 7) is -0.174. The Hall–Kier alpha value is -1.07. The molecule has 0 N–H and O–H groups in total. The SMILES string of the molecule is [CH2]OCc1c(F)sc2ccc(F)c(F)c12. The van der Waals surface area contributed by atoms with Gasteiger partial charge in [0.2, 0.25) is 0 Å². The second kappa shape index (κ2) is 3.83. The smallest absolute Gasteiger partial charge is 0.183 e. The Kier molecular flexibility index (Phi) is 2.67. The quantitative estimate of drug-likeness (QED) is 0.766. The number of rotatable bonds is 2. The average molecular weight is 231 g/mol. The third-order valence-corrected chi connectivity index (χ3v) is 3.03. The molecule has 0 fully saturated rings. The van der Waals surface area contributed by atoms with Gasteiger partial charge in [-0.05, 0) is 12.1 Å². The van der Waals surface area contributed by atoms with Gasteiger partial charge < -0.3 is 4.74 Å². The predicted octanol–water partition coefficient (Wildman–Crippen LogP) is 3.63. The lowest BCUT2D eigenvalue weighted by atomic mass is 10.1. The number of hydrogen-bond donors (Lipinski definition) is 0. The van der Waals surface area contributed by atoms with Crippen molar-refractivity contribution in [2.75, 3.05) is 0 Å². The molecular formula is C10H6F3OS. The molecule has 0 spiro atoms. The van der Waals surface area contributed by atoms with Crippen molar-refractivity contribution in [1.29, 1.82) is 0 Å². The molecule has 0 amide bonds. The van der Waals surface area contributed by atoms with Gasteiger partial charge in [-0.25, -0.2) is 8.78 Å². The van der Waals surface area contributed by atoms with Crippen LogP contribution in [0.15, 0.2) is 12.1 Å². The fraction of sp³-hybridized carbons (Fsp3) is 0.100. The highest BCUT2D eigenvalue weighted by Gasteiger charge is 2.17. The first kappa shape index (κ1) is 10.4. The Bertz CT molecular complexity index is 507. The maximum absolute atomic E-state index is 13.4. The van der Waals surface area contributed by atoms with Crippen LogP contribution in [-0.2, 0) is 11.3 Å². The van der Waals surface area contributed by atoms with E-state index in [1.165, 1.54) is 6.07 Å². The van der Waals surface area contributed by atoms with Crippen molar-refractivity contribution < 1.29 is 17.9 Å². The molecule has 0 aliphatic carbocycles. The van der Waals surface area contributed by atoms with Crippen LogP contribution in [0.3, 0.4) is 0 Å². The van der Waals surface area contributed by atoms with Crippen molar-refractivity contribution in [3.63, 3.8) is 0 Å². The van der Waals surface area contributed by atoms with Crippen molar-refractivity contribution >= 4 is 21.4 Å². The normalized spacial score (nSPS) is 11.2. The second-order valence-corrected chi connectivity index (χ2v) is 3.94. The van der Waals surface area contributed by atoms with E-state index in [0.717, 1.165) is 17.4 Å². The minimum atomic E-state index is -1.04. The zero-order chi connectivity index (χ0) is 11.0. The first-order chi connectivity index (χ1) is 7.15. The van der Waals surface area contributed by atoms with Crippen molar-refractivity contribution in [1.82, 2.24) is 0 Å². The lowest BCUT2D eigenvalue weighted by Gasteiger charge is -1.99. The van der Waals surface area contributed by atoms with Gasteiger partial charge in [0, 0.05) is 15.6 Å². The maximum Gasteiger partial charge on any atom is 0.183 e. The van der Waals surface area contributed by atoms with Crippen LogP contribution in [0.5, 0.6) is 0 Å². The molecular weight excluding hydrogens is 225 g/mol. The van der Waals surface area contributed by atoms with Crippen LogP contribution in [0.25, 0.3) is 10.1 Å². The summed E-state index contributed by atoms with van der Waals surface area (Å²) in [5, 5.41) is -0.626. The van der Waals surface area contributed by atoms with E-state index in [-0.39, 0.29) is 17.6 Å². The third-order valence-electron chi connectivity index (χ3n) is 2.04. The molecule has 0 aliphatic rings. The lowest BCUT2D eigenvalue weighted by Crippen LogP contribution is -1.91. The molecule has 5 heteroatoms. The maximum atomic E-state index is 13.4. The number of halogens is 3. The first-order valence-corrected chi connectivity index (χ1v) is 4.88. The first-order valence-electron chi connectivity index (χ1n) is 4.07. The monoisotopic (exact) mass is 231 g/mol. The molecule has 2 rings (SSSR count). The zero-order valence-corrected chi connectivity index (χ0v) is 8.34. The summed E-state index contributed by atoms with van der Waals surface area (Å²) in [5.74, 6) is -2.04. The van der Waals surface area contributed by atoms with E-state index in [1.54, 1.807) is 0 Å². The summed E-state index contributed by atoms with van der Waals surface area (Å²) < 4.78 is 44.5. The van der Waals surface area contributed by atoms with Crippen LogP contribution in [-0.4, -0.2) is 0 Å². The van der Waals surface area contributed by atoms with Crippen LogP contribution in [0.2, 0.25) is 0 Å². The topological polar surface area (TPSA) is 9.23 Å². The fourth-order valence-electron chi connectivity index (χ4n) is 1.39. The van der Waals surface area contributed by atoms with Gasteiger partial charge in [-0.15, -0.1) is 11.3 Å². The molecule has 79 valence electrons. The number of fused-ring (bicyclic) bond motifs is 1. The highest BCUT2D eigenvalue weighted by atomic mass is 32.1. The van der Waals surface area contributed by atoms with Gasteiger partial charge in [0.25, 0.3) is 0 Å². The Labute approximate surface area is 88.1 Å². The van der Waals surface area contributed by atoms with E-state index in [1.807, 2.05) is 0 Å². The van der Waals surface area contributed by atoms with E-state index in [4.69, 9.17) is 0 Å². The lowest BCUT2D eigenvalue weighted by molar-refractivity contribution is 0.226. The molecule has 0 bridgehead atoms. The zero-order valence-electron chi connectivity index (χ0n) is 7.52. The van der Waals surface area contributed by atoms with Crippen molar-refractivity contribution in [3.8, 4) is 0 Å². The Balaban J connectivity index is 2.77. The second-order valence-electron chi connectivity index (χ2n) is 2.94. The summed E-state index contributed by atoms with van der Waals surface area (Å²) in [6.07, 6.45) is 0. The largest absolute Gasteiger partial charge is 0.374 e. The molecule has 1 heterocycles. The molecule has 0 unspecified atom stereocenters. The minimum Gasteiger partial charge on any atom is -0.374 e. The van der Waals surface area contributed by atoms with Gasteiger partial charge in [-0.1, -0.05) is 0 Å². The molecule has 0 aliphatic heterocycles. The number of benzene rings is 1. The van der Waals surface area contributed by atoms with Crippen LogP contribution in [0.1, 0.15) is 5.56 Å². The fourth-order valence-corrected chi connectivity index (χ4v) is 2.31. The molecule has 1 aromatic carbocycles. The van der Waals surface area contributed by atoms with Crippen LogP contribution < -0.4 is 0 Å². The number of thiophene rings is 1. The average Bonchev–Trinajstić information content (AvgIpc) is 2.51. The predicted molar refractivity (Wildman–Crippen MR) is 51.8 cm³/mol. The minimum absolute atomic E-state index is 0.0157. The molecule has 1 radical (unpaired) electrons. The molecule has 1 nitrogen and oxygen atoms in total. The van der Waals surface area contributed by atoms with E-state index in [0.29, 0.717) is 4.70 Å². The molecule has 15 heavy (non-hydrogen) atoms. The van der Waals surface area contributed by atoms with Gasteiger partial charge in [-0.3, -0.25) is 0 Å². The summed E-state index contributed by atoms with van der Waals surface area (Å²) in [6, 6.07) is 2.32. The Morgan fingerprint density at radius 3 is 2.67 bits per heavy atom. The molecule has 0 saturated carbocycles. The summed E-state index contributed by atoms with van der Waals surface area (Å²) >= 11 is 0.760. The van der Waals surface area contributed by atoms with Crippen molar-refractivity contribution in [3.05, 3.63) is 41.6 Å².